The number of aromatic nitrogens is 3. The maximum atomic E-state index is 13.5. The number of nitrogens with zero attached hydrogens (tertiary/aromatic N) is 3. The van der Waals surface area contributed by atoms with E-state index in [4.69, 9.17) is 0 Å². The fourth-order valence-electron chi connectivity index (χ4n) is 2.45. The third kappa shape index (κ3) is 4.36. The zero-order valence-corrected chi connectivity index (χ0v) is 12.7. The topological polar surface area (TPSA) is 42.7 Å². The van der Waals surface area contributed by atoms with Gasteiger partial charge in [-0.25, -0.2) is 9.37 Å². The van der Waals surface area contributed by atoms with Crippen molar-refractivity contribution in [3.05, 3.63) is 47.8 Å². The molecule has 0 aliphatic heterocycles. The van der Waals surface area contributed by atoms with Crippen molar-refractivity contribution in [1.29, 1.82) is 0 Å². The van der Waals surface area contributed by atoms with E-state index in [1.54, 1.807) is 18.5 Å². The van der Waals surface area contributed by atoms with Gasteiger partial charge in [-0.3, -0.25) is 4.68 Å². The molecule has 0 aliphatic rings. The minimum absolute atomic E-state index is 0.191. The van der Waals surface area contributed by atoms with E-state index >= 15 is 0 Å². The first-order chi connectivity index (χ1) is 10.2. The van der Waals surface area contributed by atoms with E-state index in [0.717, 1.165) is 43.9 Å². The Kier molecular flexibility index (Phi) is 5.87. The van der Waals surface area contributed by atoms with Crippen LogP contribution in [-0.4, -0.2) is 27.9 Å². The largest absolute Gasteiger partial charge is 0.316 e. The van der Waals surface area contributed by atoms with Gasteiger partial charge in [-0.15, -0.1) is 0 Å². The third-order valence-corrected chi connectivity index (χ3v) is 3.52. The molecule has 0 saturated heterocycles. The van der Waals surface area contributed by atoms with Gasteiger partial charge in [-0.1, -0.05) is 26.0 Å². The van der Waals surface area contributed by atoms with Gasteiger partial charge in [-0.05, 0) is 30.7 Å². The zero-order chi connectivity index (χ0) is 15.1. The van der Waals surface area contributed by atoms with E-state index in [-0.39, 0.29) is 11.7 Å². The summed E-state index contributed by atoms with van der Waals surface area (Å²) in [7, 11) is 0. The molecular formula is C16H23FN4. The van der Waals surface area contributed by atoms with Crippen LogP contribution in [0.4, 0.5) is 4.39 Å². The van der Waals surface area contributed by atoms with Crippen molar-refractivity contribution in [1.82, 2.24) is 20.1 Å². The molecule has 0 bridgehead atoms. The molecule has 1 N–H and O–H groups in total. The molecule has 1 atom stereocenters. The number of hydrogen-bond donors (Lipinski definition) is 1. The highest BCUT2D eigenvalue weighted by Gasteiger charge is 2.16. The van der Waals surface area contributed by atoms with Gasteiger partial charge in [0, 0.05) is 25.4 Å². The molecule has 0 aliphatic carbocycles. The summed E-state index contributed by atoms with van der Waals surface area (Å²) in [6, 6.07) is 6.84. The number of benzene rings is 1. The highest BCUT2D eigenvalue weighted by molar-refractivity contribution is 5.22. The van der Waals surface area contributed by atoms with Crippen LogP contribution in [0.15, 0.2) is 30.6 Å². The fraction of sp³-hybridized carbons (Fsp3) is 0.500. The second kappa shape index (κ2) is 7.88. The SMILES string of the molecule is CCCn1ncnc1CC(CNCC)c1cccc(F)c1. The first kappa shape index (κ1) is 15.6. The Bertz CT molecular complexity index is 553. The smallest absolute Gasteiger partial charge is 0.138 e. The number of rotatable bonds is 8. The van der Waals surface area contributed by atoms with Gasteiger partial charge in [0.2, 0.25) is 0 Å². The maximum Gasteiger partial charge on any atom is 0.138 e. The minimum Gasteiger partial charge on any atom is -0.316 e. The Balaban J connectivity index is 2.17. The fourth-order valence-corrected chi connectivity index (χ4v) is 2.45. The molecule has 0 radical (unpaired) electrons. The lowest BCUT2D eigenvalue weighted by Gasteiger charge is -2.18. The number of nitrogens with one attached hydrogen (secondary N) is 1. The van der Waals surface area contributed by atoms with Gasteiger partial charge in [0.25, 0.3) is 0 Å². The molecule has 1 heterocycles. The van der Waals surface area contributed by atoms with Crippen LogP contribution < -0.4 is 5.32 Å². The van der Waals surface area contributed by atoms with Crippen LogP contribution in [0.3, 0.4) is 0 Å². The van der Waals surface area contributed by atoms with Crippen molar-refractivity contribution in [2.24, 2.45) is 0 Å². The summed E-state index contributed by atoms with van der Waals surface area (Å²) in [4.78, 5) is 4.36. The lowest BCUT2D eigenvalue weighted by atomic mass is 9.95. The van der Waals surface area contributed by atoms with Crippen molar-refractivity contribution in [2.75, 3.05) is 13.1 Å². The third-order valence-electron chi connectivity index (χ3n) is 3.52. The molecule has 0 saturated carbocycles. The standard InChI is InChI=1S/C16H23FN4/c1-3-8-21-16(19-12-20-21)10-14(11-18-4-2)13-6-5-7-15(17)9-13/h5-7,9,12,14,18H,3-4,8,10-11H2,1-2H3. The van der Waals surface area contributed by atoms with E-state index in [1.165, 1.54) is 6.07 Å². The minimum atomic E-state index is -0.191. The van der Waals surface area contributed by atoms with E-state index in [0.29, 0.717) is 0 Å². The molecule has 2 rings (SSSR count). The molecule has 4 nitrogen and oxygen atoms in total. The Morgan fingerprint density at radius 3 is 2.90 bits per heavy atom. The van der Waals surface area contributed by atoms with Crippen LogP contribution in [0, 0.1) is 5.82 Å². The quantitative estimate of drug-likeness (QED) is 0.813. The van der Waals surface area contributed by atoms with Crippen molar-refractivity contribution in [3.8, 4) is 0 Å². The predicted octanol–water partition coefficient (Wildman–Crippen LogP) is 2.76. The number of halogens is 1. The van der Waals surface area contributed by atoms with Crippen LogP contribution in [0.25, 0.3) is 0 Å². The highest BCUT2D eigenvalue weighted by Crippen LogP contribution is 2.20. The average Bonchev–Trinajstić information content (AvgIpc) is 2.91. The summed E-state index contributed by atoms with van der Waals surface area (Å²) in [5, 5.41) is 7.61. The molecule has 0 spiro atoms. The first-order valence-corrected chi connectivity index (χ1v) is 7.57. The molecule has 5 heteroatoms. The van der Waals surface area contributed by atoms with E-state index in [9.17, 15) is 4.39 Å². The molecule has 1 unspecified atom stereocenters. The van der Waals surface area contributed by atoms with Crippen LogP contribution in [0.5, 0.6) is 0 Å². The van der Waals surface area contributed by atoms with E-state index in [1.807, 2.05) is 10.7 Å². The Morgan fingerprint density at radius 2 is 2.19 bits per heavy atom. The summed E-state index contributed by atoms with van der Waals surface area (Å²) >= 11 is 0. The highest BCUT2D eigenvalue weighted by atomic mass is 19.1. The molecule has 114 valence electrons. The van der Waals surface area contributed by atoms with Crippen molar-refractivity contribution in [2.45, 2.75) is 39.2 Å². The molecule has 2 aromatic rings. The molecule has 21 heavy (non-hydrogen) atoms. The molecule has 0 fully saturated rings. The normalized spacial score (nSPS) is 12.5. The van der Waals surface area contributed by atoms with Gasteiger partial charge in [0.15, 0.2) is 0 Å². The number of likely N-dealkylation sites (N-methyl/N-ethyl adjacent to an activating group) is 1. The van der Waals surface area contributed by atoms with Crippen molar-refractivity contribution < 1.29 is 4.39 Å². The second-order valence-corrected chi connectivity index (χ2v) is 5.16. The van der Waals surface area contributed by atoms with Gasteiger partial charge in [0.05, 0.1) is 0 Å². The summed E-state index contributed by atoms with van der Waals surface area (Å²) < 4.78 is 15.4. The molecule has 1 aromatic carbocycles. The van der Waals surface area contributed by atoms with Crippen LogP contribution in [0.2, 0.25) is 0 Å². The van der Waals surface area contributed by atoms with Crippen LogP contribution in [0.1, 0.15) is 37.6 Å². The monoisotopic (exact) mass is 290 g/mol. The van der Waals surface area contributed by atoms with Crippen LogP contribution >= 0.6 is 0 Å². The Hall–Kier alpha value is -1.75. The summed E-state index contributed by atoms with van der Waals surface area (Å²) in [6.45, 7) is 6.76. The van der Waals surface area contributed by atoms with Gasteiger partial charge in [0.1, 0.15) is 18.0 Å². The van der Waals surface area contributed by atoms with Crippen molar-refractivity contribution in [3.63, 3.8) is 0 Å². The van der Waals surface area contributed by atoms with Crippen molar-refractivity contribution >= 4 is 0 Å². The molecular weight excluding hydrogens is 267 g/mol. The Labute approximate surface area is 125 Å². The first-order valence-electron chi connectivity index (χ1n) is 7.57. The Morgan fingerprint density at radius 1 is 1.33 bits per heavy atom. The van der Waals surface area contributed by atoms with Gasteiger partial charge < -0.3 is 5.32 Å². The zero-order valence-electron chi connectivity index (χ0n) is 12.7. The average molecular weight is 290 g/mol. The van der Waals surface area contributed by atoms with Gasteiger partial charge >= 0.3 is 0 Å². The molecule has 1 aromatic heterocycles. The molecule has 0 amide bonds. The summed E-state index contributed by atoms with van der Waals surface area (Å²) in [5.74, 6) is 0.966. The van der Waals surface area contributed by atoms with Gasteiger partial charge in [-0.2, -0.15) is 5.10 Å². The van der Waals surface area contributed by atoms with E-state index in [2.05, 4.69) is 29.2 Å². The second-order valence-electron chi connectivity index (χ2n) is 5.16. The lowest BCUT2D eigenvalue weighted by Crippen LogP contribution is -2.24. The summed E-state index contributed by atoms with van der Waals surface area (Å²) in [6.07, 6.45) is 3.38. The van der Waals surface area contributed by atoms with E-state index < -0.39 is 0 Å². The summed E-state index contributed by atoms with van der Waals surface area (Å²) in [5.41, 5.74) is 1.00. The number of hydrogen-bond acceptors (Lipinski definition) is 3. The lowest BCUT2D eigenvalue weighted by molar-refractivity contribution is 0.524. The maximum absolute atomic E-state index is 13.5. The predicted molar refractivity (Wildman–Crippen MR) is 81.7 cm³/mol. The van der Waals surface area contributed by atoms with Crippen LogP contribution in [-0.2, 0) is 13.0 Å². The number of aryl methyl sites for hydroxylation is 1.